The summed E-state index contributed by atoms with van der Waals surface area (Å²) in [6, 6.07) is 1.56. The zero-order valence-corrected chi connectivity index (χ0v) is 11.3. The summed E-state index contributed by atoms with van der Waals surface area (Å²) in [7, 11) is 0. The van der Waals surface area contributed by atoms with Gasteiger partial charge in [0.25, 0.3) is 12.3 Å². The molecule has 1 rings (SSSR count). The first-order valence-corrected chi connectivity index (χ1v) is 6.32. The standard InChI is InChI=1S/C14H16F2N2O3/c15-13(16)10-21-6-4-18-14(20)12-7-11(8-17-9-12)3-1-2-5-19/h7-9,13,19H,2,4-6,10H2,(H,18,20). The second-order valence-electron chi connectivity index (χ2n) is 3.96. The van der Waals surface area contributed by atoms with E-state index >= 15 is 0 Å². The lowest BCUT2D eigenvalue weighted by atomic mass is 10.2. The molecule has 0 saturated heterocycles. The van der Waals surface area contributed by atoms with Crippen molar-refractivity contribution in [1.29, 1.82) is 0 Å². The van der Waals surface area contributed by atoms with Gasteiger partial charge < -0.3 is 15.2 Å². The Hall–Kier alpha value is -2.04. The molecule has 114 valence electrons. The van der Waals surface area contributed by atoms with Gasteiger partial charge in [-0.15, -0.1) is 0 Å². The highest BCUT2D eigenvalue weighted by molar-refractivity contribution is 5.94. The van der Waals surface area contributed by atoms with Crippen molar-refractivity contribution in [1.82, 2.24) is 10.3 Å². The lowest BCUT2D eigenvalue weighted by Crippen LogP contribution is -2.28. The number of aliphatic hydroxyl groups is 1. The maximum atomic E-state index is 11.8. The Morgan fingerprint density at radius 3 is 3.00 bits per heavy atom. The highest BCUT2D eigenvalue weighted by Gasteiger charge is 2.06. The van der Waals surface area contributed by atoms with Crippen molar-refractivity contribution >= 4 is 5.91 Å². The number of nitrogens with zero attached hydrogens (tertiary/aromatic N) is 1. The zero-order valence-electron chi connectivity index (χ0n) is 11.3. The third kappa shape index (κ3) is 7.34. The molecule has 7 heteroatoms. The van der Waals surface area contributed by atoms with Crippen LogP contribution in [-0.4, -0.2) is 48.8 Å². The Balaban J connectivity index is 2.44. The van der Waals surface area contributed by atoms with Crippen LogP contribution in [0.5, 0.6) is 0 Å². The first-order chi connectivity index (χ1) is 10.1. The fraction of sp³-hybridized carbons (Fsp3) is 0.429. The number of rotatable bonds is 7. The molecule has 0 aliphatic heterocycles. The number of hydrogen-bond acceptors (Lipinski definition) is 4. The number of nitrogens with one attached hydrogen (secondary N) is 1. The maximum absolute atomic E-state index is 11.8. The van der Waals surface area contributed by atoms with Crippen molar-refractivity contribution < 1.29 is 23.4 Å². The Bertz CT molecular complexity index is 512. The molecule has 2 N–H and O–H groups in total. The SMILES string of the molecule is O=C(NCCOCC(F)F)c1cncc(C#CCCO)c1. The third-order valence-electron chi connectivity index (χ3n) is 2.25. The topological polar surface area (TPSA) is 71.5 Å². The van der Waals surface area contributed by atoms with E-state index in [-0.39, 0.29) is 25.7 Å². The number of ether oxygens (including phenoxy) is 1. The lowest BCUT2D eigenvalue weighted by molar-refractivity contribution is 0.0188. The van der Waals surface area contributed by atoms with Gasteiger partial charge in [-0.3, -0.25) is 9.78 Å². The highest BCUT2D eigenvalue weighted by atomic mass is 19.3. The van der Waals surface area contributed by atoms with E-state index in [1.165, 1.54) is 12.4 Å². The van der Waals surface area contributed by atoms with Crippen LogP contribution in [0, 0.1) is 11.8 Å². The van der Waals surface area contributed by atoms with E-state index in [1.54, 1.807) is 6.07 Å². The van der Waals surface area contributed by atoms with Gasteiger partial charge in [0.15, 0.2) is 0 Å². The minimum Gasteiger partial charge on any atom is -0.395 e. The highest BCUT2D eigenvalue weighted by Crippen LogP contribution is 2.01. The van der Waals surface area contributed by atoms with Crippen LogP contribution >= 0.6 is 0 Å². The minimum atomic E-state index is -2.51. The molecule has 0 aliphatic carbocycles. The predicted octanol–water partition coefficient (Wildman–Crippen LogP) is 0.827. The number of aromatic nitrogens is 1. The molecule has 5 nitrogen and oxygen atoms in total. The molecule has 0 aromatic carbocycles. The van der Waals surface area contributed by atoms with E-state index in [9.17, 15) is 13.6 Å². The number of hydrogen-bond donors (Lipinski definition) is 2. The van der Waals surface area contributed by atoms with E-state index in [1.807, 2.05) is 0 Å². The van der Waals surface area contributed by atoms with Gasteiger partial charge in [0.05, 0.1) is 18.8 Å². The quantitative estimate of drug-likeness (QED) is 0.578. The maximum Gasteiger partial charge on any atom is 0.261 e. The van der Waals surface area contributed by atoms with Crippen molar-refractivity contribution in [2.24, 2.45) is 0 Å². The summed E-state index contributed by atoms with van der Waals surface area (Å²) in [5.41, 5.74) is 0.879. The van der Waals surface area contributed by atoms with Gasteiger partial charge in [-0.25, -0.2) is 8.78 Å². The van der Waals surface area contributed by atoms with Gasteiger partial charge in [-0.05, 0) is 6.07 Å². The van der Waals surface area contributed by atoms with Crippen molar-refractivity contribution in [3.8, 4) is 11.8 Å². The van der Waals surface area contributed by atoms with Crippen molar-refractivity contribution in [3.05, 3.63) is 29.6 Å². The van der Waals surface area contributed by atoms with Gasteiger partial charge in [-0.1, -0.05) is 11.8 Å². The smallest absolute Gasteiger partial charge is 0.261 e. The fourth-order valence-electron chi connectivity index (χ4n) is 1.36. The molecule has 1 heterocycles. The van der Waals surface area contributed by atoms with Crippen molar-refractivity contribution in [3.63, 3.8) is 0 Å². The van der Waals surface area contributed by atoms with Crippen LogP contribution in [0.4, 0.5) is 8.78 Å². The van der Waals surface area contributed by atoms with E-state index in [0.29, 0.717) is 17.5 Å². The fourth-order valence-corrected chi connectivity index (χ4v) is 1.36. The molecule has 1 aromatic rings. The summed E-state index contributed by atoms with van der Waals surface area (Å²) in [5, 5.41) is 11.2. The third-order valence-corrected chi connectivity index (χ3v) is 2.25. The molecular weight excluding hydrogens is 282 g/mol. The molecule has 0 radical (unpaired) electrons. The number of amides is 1. The van der Waals surface area contributed by atoms with Crippen LogP contribution in [0.25, 0.3) is 0 Å². The Labute approximate surface area is 121 Å². The largest absolute Gasteiger partial charge is 0.395 e. The second kappa shape index (κ2) is 9.80. The van der Waals surface area contributed by atoms with E-state index in [2.05, 4.69) is 26.9 Å². The number of carbonyl (C=O) groups excluding carboxylic acids is 1. The molecule has 1 aromatic heterocycles. The Kier molecular flexibility index (Phi) is 7.94. The minimum absolute atomic E-state index is 0.0134. The van der Waals surface area contributed by atoms with E-state index < -0.39 is 13.0 Å². The Morgan fingerprint density at radius 2 is 2.29 bits per heavy atom. The van der Waals surface area contributed by atoms with Gasteiger partial charge in [0.2, 0.25) is 0 Å². The molecule has 0 saturated carbocycles. The normalized spacial score (nSPS) is 10.1. The van der Waals surface area contributed by atoms with Gasteiger partial charge in [0, 0.05) is 30.9 Å². The summed E-state index contributed by atoms with van der Waals surface area (Å²) in [6.07, 6.45) is 0.719. The number of pyridine rings is 1. The van der Waals surface area contributed by atoms with E-state index in [0.717, 1.165) is 0 Å². The summed E-state index contributed by atoms with van der Waals surface area (Å²) < 4.78 is 28.3. The summed E-state index contributed by atoms with van der Waals surface area (Å²) in [5.74, 6) is 5.11. The molecule has 1 amide bonds. The lowest BCUT2D eigenvalue weighted by Gasteiger charge is -2.06. The molecular formula is C14H16F2N2O3. The second-order valence-corrected chi connectivity index (χ2v) is 3.96. The summed E-state index contributed by atoms with van der Waals surface area (Å²) >= 11 is 0. The van der Waals surface area contributed by atoms with Crippen LogP contribution in [0.2, 0.25) is 0 Å². The van der Waals surface area contributed by atoms with Crippen molar-refractivity contribution in [2.45, 2.75) is 12.8 Å². The van der Waals surface area contributed by atoms with Crippen LogP contribution < -0.4 is 5.32 Å². The van der Waals surface area contributed by atoms with Crippen LogP contribution in [0.1, 0.15) is 22.3 Å². The van der Waals surface area contributed by atoms with Gasteiger partial charge in [-0.2, -0.15) is 0 Å². The van der Waals surface area contributed by atoms with Crippen LogP contribution in [-0.2, 0) is 4.74 Å². The molecule has 0 aliphatic rings. The average molecular weight is 298 g/mol. The van der Waals surface area contributed by atoms with Crippen LogP contribution in [0.3, 0.4) is 0 Å². The molecule has 0 fully saturated rings. The number of aliphatic hydroxyl groups excluding tert-OH is 1. The number of carbonyl (C=O) groups is 1. The van der Waals surface area contributed by atoms with Crippen LogP contribution in [0.15, 0.2) is 18.5 Å². The first kappa shape index (κ1) is 17.0. The Morgan fingerprint density at radius 1 is 1.48 bits per heavy atom. The number of halogens is 2. The van der Waals surface area contributed by atoms with Gasteiger partial charge >= 0.3 is 0 Å². The molecule has 0 spiro atoms. The average Bonchev–Trinajstić information content (AvgIpc) is 2.47. The summed E-state index contributed by atoms with van der Waals surface area (Å²) in [4.78, 5) is 15.7. The molecule has 0 bridgehead atoms. The number of alkyl halides is 2. The zero-order chi connectivity index (χ0) is 15.5. The summed E-state index contributed by atoms with van der Waals surface area (Å²) in [6.45, 7) is -0.530. The van der Waals surface area contributed by atoms with Crippen molar-refractivity contribution in [2.75, 3.05) is 26.4 Å². The monoisotopic (exact) mass is 298 g/mol. The van der Waals surface area contributed by atoms with E-state index in [4.69, 9.17) is 5.11 Å². The van der Waals surface area contributed by atoms with Gasteiger partial charge in [0.1, 0.15) is 6.61 Å². The first-order valence-electron chi connectivity index (χ1n) is 6.32. The predicted molar refractivity (Wildman–Crippen MR) is 72.0 cm³/mol. The molecule has 0 unspecified atom stereocenters. The molecule has 21 heavy (non-hydrogen) atoms. The molecule has 0 atom stereocenters.